The quantitative estimate of drug-likeness (QED) is 0.136. The van der Waals surface area contributed by atoms with Gasteiger partial charge in [0.15, 0.2) is 12.5 Å². The summed E-state index contributed by atoms with van der Waals surface area (Å²) in [5.41, 5.74) is 2.78. The molecule has 0 aromatic heterocycles. The van der Waals surface area contributed by atoms with Gasteiger partial charge >= 0.3 is 6.03 Å². The summed E-state index contributed by atoms with van der Waals surface area (Å²) in [4.78, 5) is 23.3. The van der Waals surface area contributed by atoms with Gasteiger partial charge in [0, 0.05) is 62.3 Å². The minimum absolute atomic E-state index is 0.162. The lowest BCUT2D eigenvalue weighted by atomic mass is 9.85. The molecule has 1 aliphatic carbocycles. The van der Waals surface area contributed by atoms with Crippen LogP contribution in [0.25, 0.3) is 0 Å². The third-order valence-corrected chi connectivity index (χ3v) is 8.92. The average Bonchev–Trinajstić information content (AvgIpc) is 3.48. The number of likely N-dealkylation sites (tertiary alicyclic amines) is 1. The van der Waals surface area contributed by atoms with Crippen molar-refractivity contribution in [3.8, 4) is 5.75 Å². The maximum atomic E-state index is 12.5. The summed E-state index contributed by atoms with van der Waals surface area (Å²) in [6.07, 6.45) is 11.6. The van der Waals surface area contributed by atoms with E-state index in [1.807, 2.05) is 13.0 Å². The highest BCUT2D eigenvalue weighted by molar-refractivity contribution is 6.34. The predicted octanol–water partition coefficient (Wildman–Crippen LogP) is 5.75. The maximum absolute atomic E-state index is 12.5. The van der Waals surface area contributed by atoms with Gasteiger partial charge in [0.05, 0.1) is 55.8 Å². The molecule has 260 valence electrons. The van der Waals surface area contributed by atoms with Crippen LogP contribution in [0.1, 0.15) is 46.0 Å². The molecule has 3 aliphatic heterocycles. The number of methoxy groups -OCH3 is 1. The Bertz CT molecular complexity index is 1500. The zero-order valence-electron chi connectivity index (χ0n) is 28.3. The highest BCUT2D eigenvalue weighted by Crippen LogP contribution is 2.37. The van der Waals surface area contributed by atoms with E-state index in [0.717, 1.165) is 74.9 Å². The fourth-order valence-electron chi connectivity index (χ4n) is 6.10. The monoisotopic (exact) mass is 682 g/mol. The smallest absolute Gasteiger partial charge is 0.324 e. The van der Waals surface area contributed by atoms with Gasteiger partial charge in [0.1, 0.15) is 17.3 Å². The average molecular weight is 683 g/mol. The Hall–Kier alpha value is -4.00. The van der Waals surface area contributed by atoms with E-state index < -0.39 is 6.03 Å². The fraction of sp³-hybridized carbons (Fsp3) is 0.514. The van der Waals surface area contributed by atoms with Crippen LogP contribution in [0.4, 0.5) is 10.5 Å². The highest BCUT2D eigenvalue weighted by atomic mass is 35.5. The second-order valence-corrected chi connectivity index (χ2v) is 12.9. The SMILES string of the molecule is CN=CN/C1=C/C(OCCCN2CCC3(COC3)C2)=C(/OC)CCC=C1CC(C)Oc1ccc(NC(=O)NC2=NCOC(C)=C2)c(Cl)c1. The van der Waals surface area contributed by atoms with Crippen LogP contribution in [0, 0.1) is 5.41 Å². The number of carbonyl (C=O) groups excluding carboxylic acids is 1. The van der Waals surface area contributed by atoms with Crippen LogP contribution in [0.3, 0.4) is 0 Å². The van der Waals surface area contributed by atoms with Gasteiger partial charge in [-0.15, -0.1) is 0 Å². The Morgan fingerprint density at radius 3 is 2.83 bits per heavy atom. The molecule has 3 heterocycles. The maximum Gasteiger partial charge on any atom is 0.324 e. The number of nitrogens with zero attached hydrogens (tertiary/aromatic N) is 3. The number of amidine groups is 1. The summed E-state index contributed by atoms with van der Waals surface area (Å²) in [6.45, 7) is 9.61. The number of hydrogen-bond acceptors (Lipinski definition) is 9. The molecule has 0 bridgehead atoms. The van der Waals surface area contributed by atoms with E-state index in [0.29, 0.717) is 46.5 Å². The van der Waals surface area contributed by atoms with Crippen LogP contribution >= 0.6 is 11.6 Å². The van der Waals surface area contributed by atoms with Crippen molar-refractivity contribution in [1.29, 1.82) is 0 Å². The Labute approximate surface area is 287 Å². The Morgan fingerprint density at radius 1 is 1.27 bits per heavy atom. The number of amides is 2. The minimum Gasteiger partial charge on any atom is -0.497 e. The first kappa shape index (κ1) is 35.3. The molecular weight excluding hydrogens is 636 g/mol. The van der Waals surface area contributed by atoms with Gasteiger partial charge in [-0.2, -0.15) is 0 Å². The molecule has 2 amide bonds. The molecule has 1 aromatic rings. The minimum atomic E-state index is -0.458. The molecule has 1 spiro atoms. The first-order valence-electron chi connectivity index (χ1n) is 16.4. The summed E-state index contributed by atoms with van der Waals surface area (Å²) in [5.74, 6) is 3.22. The predicted molar refractivity (Wildman–Crippen MR) is 187 cm³/mol. The lowest BCUT2D eigenvalue weighted by Crippen LogP contribution is -2.44. The summed E-state index contributed by atoms with van der Waals surface area (Å²) in [5, 5.41) is 9.11. The van der Waals surface area contributed by atoms with Crippen molar-refractivity contribution in [1.82, 2.24) is 15.5 Å². The normalized spacial score (nSPS) is 22.5. The van der Waals surface area contributed by atoms with Crippen molar-refractivity contribution in [2.24, 2.45) is 15.4 Å². The highest BCUT2D eigenvalue weighted by Gasteiger charge is 2.44. The third kappa shape index (κ3) is 9.77. The van der Waals surface area contributed by atoms with Gasteiger partial charge in [-0.05, 0) is 57.4 Å². The summed E-state index contributed by atoms with van der Waals surface area (Å²) in [6, 6.07) is 4.72. The number of halogens is 1. The lowest BCUT2D eigenvalue weighted by Gasteiger charge is -2.37. The molecule has 12 nitrogen and oxygen atoms in total. The van der Waals surface area contributed by atoms with Crippen molar-refractivity contribution in [2.45, 2.75) is 52.1 Å². The van der Waals surface area contributed by atoms with E-state index in [-0.39, 0.29) is 12.8 Å². The van der Waals surface area contributed by atoms with E-state index in [2.05, 4.69) is 36.9 Å². The summed E-state index contributed by atoms with van der Waals surface area (Å²) in [7, 11) is 3.41. The number of carbonyl (C=O) groups is 1. The molecule has 0 saturated carbocycles. The van der Waals surface area contributed by atoms with E-state index in [9.17, 15) is 4.79 Å². The van der Waals surface area contributed by atoms with E-state index in [1.165, 1.54) is 6.42 Å². The number of allylic oxidation sites excluding steroid dienone is 5. The molecule has 5 rings (SSSR count). The van der Waals surface area contributed by atoms with Crippen molar-refractivity contribution < 1.29 is 28.5 Å². The van der Waals surface area contributed by atoms with Gasteiger partial charge in [0.25, 0.3) is 0 Å². The third-order valence-electron chi connectivity index (χ3n) is 8.61. The number of aliphatic imine (C=N–C) groups is 2. The summed E-state index contributed by atoms with van der Waals surface area (Å²) >= 11 is 6.52. The van der Waals surface area contributed by atoms with Crippen LogP contribution in [0.15, 0.2) is 75.0 Å². The van der Waals surface area contributed by atoms with Crippen molar-refractivity contribution in [3.63, 3.8) is 0 Å². The lowest BCUT2D eigenvalue weighted by molar-refractivity contribution is -0.105. The number of rotatable bonds is 13. The van der Waals surface area contributed by atoms with E-state index in [1.54, 1.807) is 51.7 Å². The standard InChI is InChI=1S/C35H47ClN6O6/c1-24-16-33(39-23-47-24)41-34(43)40-29-10-9-27(17-28(29)36)48-25(2)15-26-7-5-8-31(44-4)32(18-30(26)38-22-37-3)46-14-6-12-42-13-11-35(19-42)20-45-21-35/h7,9-10,16-18,22,25H,5-6,8,11-15,19-21,23H2,1-4H3,(H,37,38)(H2,39,40,41,43)/b26-7?,30-18+,32-31-. The Morgan fingerprint density at radius 2 is 2.12 bits per heavy atom. The topological polar surface area (TPSA) is 127 Å². The first-order valence-corrected chi connectivity index (χ1v) is 16.8. The Balaban J connectivity index is 1.17. The first-order chi connectivity index (χ1) is 23.3. The molecular formula is C35H47ClN6O6. The molecule has 48 heavy (non-hydrogen) atoms. The molecule has 1 aromatic carbocycles. The van der Waals surface area contributed by atoms with Crippen LogP contribution in [-0.2, 0) is 18.9 Å². The number of anilines is 1. The van der Waals surface area contributed by atoms with Gasteiger partial charge in [-0.1, -0.05) is 17.7 Å². The zero-order chi connectivity index (χ0) is 33.9. The number of benzene rings is 1. The van der Waals surface area contributed by atoms with Crippen molar-refractivity contribution >= 4 is 35.5 Å². The van der Waals surface area contributed by atoms with Crippen molar-refractivity contribution in [3.05, 3.63) is 70.0 Å². The molecule has 13 heteroatoms. The molecule has 2 fully saturated rings. The number of ether oxygens (including phenoxy) is 5. The van der Waals surface area contributed by atoms with Crippen LogP contribution in [0.2, 0.25) is 5.02 Å². The number of hydrogen-bond donors (Lipinski definition) is 3. The van der Waals surface area contributed by atoms with Crippen LogP contribution in [0.5, 0.6) is 5.75 Å². The molecule has 0 radical (unpaired) electrons. The molecule has 3 N–H and O–H groups in total. The van der Waals surface area contributed by atoms with Gasteiger partial charge in [-0.3, -0.25) is 10.3 Å². The summed E-state index contributed by atoms with van der Waals surface area (Å²) < 4.78 is 29.1. The second-order valence-electron chi connectivity index (χ2n) is 12.5. The van der Waals surface area contributed by atoms with E-state index >= 15 is 0 Å². The van der Waals surface area contributed by atoms with Crippen LogP contribution in [-0.4, -0.2) is 89.6 Å². The zero-order valence-corrected chi connectivity index (χ0v) is 29.0. The Kier molecular flexibility index (Phi) is 12.4. The second kappa shape index (κ2) is 16.9. The number of urea groups is 1. The van der Waals surface area contributed by atoms with Crippen LogP contribution < -0.4 is 20.7 Å². The molecule has 1 unspecified atom stereocenters. The largest absolute Gasteiger partial charge is 0.497 e. The molecule has 1 atom stereocenters. The van der Waals surface area contributed by atoms with Gasteiger partial charge < -0.3 is 39.2 Å². The van der Waals surface area contributed by atoms with Gasteiger partial charge in [0.2, 0.25) is 0 Å². The van der Waals surface area contributed by atoms with E-state index in [4.69, 9.17) is 35.3 Å². The number of nitrogens with one attached hydrogen (secondary N) is 3. The fourth-order valence-corrected chi connectivity index (χ4v) is 6.32. The molecule has 4 aliphatic rings. The molecule has 2 saturated heterocycles. The van der Waals surface area contributed by atoms with Gasteiger partial charge in [-0.25, -0.2) is 9.79 Å². The van der Waals surface area contributed by atoms with Crippen molar-refractivity contribution in [2.75, 3.05) is 65.7 Å².